The van der Waals surface area contributed by atoms with Gasteiger partial charge in [0.05, 0.1) is 11.0 Å². The van der Waals surface area contributed by atoms with E-state index in [2.05, 4.69) is 0 Å². The number of sulfone groups is 1. The summed E-state index contributed by atoms with van der Waals surface area (Å²) in [4.78, 5) is 2.31. The molecule has 24 heavy (non-hydrogen) atoms. The number of nitrogens with zero attached hydrogens (tertiary/aromatic N) is 1. The summed E-state index contributed by atoms with van der Waals surface area (Å²) in [5, 5.41) is 11.0. The molecular weight excluding hydrogens is 346 g/mol. The summed E-state index contributed by atoms with van der Waals surface area (Å²) in [5.74, 6) is 0. The summed E-state index contributed by atoms with van der Waals surface area (Å²) >= 11 is 6.12. The maximum atomic E-state index is 11.5. The van der Waals surface area contributed by atoms with E-state index in [1.54, 1.807) is 30.3 Å². The zero-order chi connectivity index (χ0) is 17.9. The first-order chi connectivity index (χ1) is 11.2. The van der Waals surface area contributed by atoms with Crippen LogP contribution in [0.4, 0.5) is 0 Å². The Bertz CT molecular complexity index is 790. The Morgan fingerprint density at radius 3 is 2.25 bits per heavy atom. The molecule has 2 atom stereocenters. The van der Waals surface area contributed by atoms with Gasteiger partial charge in [0.1, 0.15) is 0 Å². The molecule has 0 spiro atoms. The fraction of sp³-hybridized carbons (Fsp3) is 0.333. The van der Waals surface area contributed by atoms with Gasteiger partial charge in [0, 0.05) is 29.4 Å². The Kier molecular flexibility index (Phi) is 6.04. The van der Waals surface area contributed by atoms with Crippen LogP contribution in [0.15, 0.2) is 53.4 Å². The van der Waals surface area contributed by atoms with Crippen LogP contribution in [0.2, 0.25) is 5.02 Å². The Balaban J connectivity index is 2.09. The van der Waals surface area contributed by atoms with Crippen molar-refractivity contribution in [3.8, 4) is 0 Å². The van der Waals surface area contributed by atoms with Crippen molar-refractivity contribution in [2.75, 3.05) is 19.8 Å². The molecule has 0 aliphatic heterocycles. The second kappa shape index (κ2) is 7.66. The van der Waals surface area contributed by atoms with Gasteiger partial charge in [-0.3, -0.25) is 4.90 Å². The fourth-order valence-corrected chi connectivity index (χ4v) is 3.41. The highest BCUT2D eigenvalue weighted by atomic mass is 35.5. The van der Waals surface area contributed by atoms with Gasteiger partial charge in [-0.25, -0.2) is 8.42 Å². The fourth-order valence-electron chi connectivity index (χ4n) is 2.52. The summed E-state index contributed by atoms with van der Waals surface area (Å²) < 4.78 is 23.1. The summed E-state index contributed by atoms with van der Waals surface area (Å²) in [6, 6.07) is 14.1. The molecule has 130 valence electrons. The molecular formula is C18H22ClNO3S. The summed E-state index contributed by atoms with van der Waals surface area (Å²) in [5.41, 5.74) is 1.68. The van der Waals surface area contributed by atoms with Crippen LogP contribution >= 0.6 is 11.6 Å². The molecule has 0 saturated heterocycles. The lowest BCUT2D eigenvalue weighted by atomic mass is 10.1. The second-order valence-corrected chi connectivity index (χ2v) is 8.42. The van der Waals surface area contributed by atoms with Crippen LogP contribution in [0.3, 0.4) is 0 Å². The van der Waals surface area contributed by atoms with Crippen molar-refractivity contribution in [2.45, 2.75) is 24.0 Å². The molecule has 6 heteroatoms. The molecule has 1 N–H and O–H groups in total. The number of aliphatic hydroxyl groups is 1. The first-order valence-corrected chi connectivity index (χ1v) is 9.90. The Morgan fingerprint density at radius 2 is 1.71 bits per heavy atom. The SMILES string of the molecule is C[C@@H](c1ccc(S(C)(=O)=O)cc1)N(C)C[C@H](O)c1ccccc1Cl. The highest BCUT2D eigenvalue weighted by molar-refractivity contribution is 7.90. The minimum atomic E-state index is -3.19. The van der Waals surface area contributed by atoms with E-state index in [-0.39, 0.29) is 6.04 Å². The molecule has 0 bridgehead atoms. The average molecular weight is 368 g/mol. The van der Waals surface area contributed by atoms with E-state index in [4.69, 9.17) is 11.6 Å². The lowest BCUT2D eigenvalue weighted by molar-refractivity contribution is 0.108. The number of hydrogen-bond donors (Lipinski definition) is 1. The average Bonchev–Trinajstić information content (AvgIpc) is 2.53. The molecule has 0 aromatic heterocycles. The maximum Gasteiger partial charge on any atom is 0.175 e. The third-order valence-electron chi connectivity index (χ3n) is 4.18. The van der Waals surface area contributed by atoms with E-state index in [0.717, 1.165) is 5.56 Å². The van der Waals surface area contributed by atoms with E-state index in [1.807, 2.05) is 37.1 Å². The molecule has 0 unspecified atom stereocenters. The predicted molar refractivity (Wildman–Crippen MR) is 97.0 cm³/mol. The quantitative estimate of drug-likeness (QED) is 0.849. The van der Waals surface area contributed by atoms with Gasteiger partial charge in [0.2, 0.25) is 0 Å². The predicted octanol–water partition coefficient (Wildman–Crippen LogP) is 3.47. The van der Waals surface area contributed by atoms with Crippen molar-refractivity contribution in [2.24, 2.45) is 0 Å². The van der Waals surface area contributed by atoms with Gasteiger partial charge in [0.15, 0.2) is 9.84 Å². The van der Waals surface area contributed by atoms with E-state index in [9.17, 15) is 13.5 Å². The van der Waals surface area contributed by atoms with Crippen molar-refractivity contribution in [3.63, 3.8) is 0 Å². The lowest BCUT2D eigenvalue weighted by Crippen LogP contribution is -2.27. The highest BCUT2D eigenvalue weighted by Crippen LogP contribution is 2.26. The minimum absolute atomic E-state index is 0.0238. The number of aliphatic hydroxyl groups excluding tert-OH is 1. The first kappa shape index (κ1) is 18.9. The van der Waals surface area contributed by atoms with Gasteiger partial charge in [0.25, 0.3) is 0 Å². The molecule has 0 fully saturated rings. The van der Waals surface area contributed by atoms with Gasteiger partial charge in [-0.1, -0.05) is 41.9 Å². The van der Waals surface area contributed by atoms with Crippen molar-refractivity contribution in [1.29, 1.82) is 0 Å². The van der Waals surface area contributed by atoms with Gasteiger partial charge < -0.3 is 5.11 Å². The monoisotopic (exact) mass is 367 g/mol. The smallest absolute Gasteiger partial charge is 0.175 e. The third-order valence-corrected chi connectivity index (χ3v) is 5.65. The topological polar surface area (TPSA) is 57.6 Å². The summed E-state index contributed by atoms with van der Waals surface area (Å²) in [6.07, 6.45) is 0.499. The summed E-state index contributed by atoms with van der Waals surface area (Å²) in [7, 11) is -1.28. The van der Waals surface area contributed by atoms with Crippen LogP contribution in [0.1, 0.15) is 30.2 Å². The number of likely N-dealkylation sites (N-methyl/N-ethyl adjacent to an activating group) is 1. The van der Waals surface area contributed by atoms with E-state index < -0.39 is 15.9 Å². The van der Waals surface area contributed by atoms with Gasteiger partial charge in [-0.15, -0.1) is 0 Å². The number of halogens is 1. The number of rotatable bonds is 6. The molecule has 2 aromatic rings. The van der Waals surface area contributed by atoms with Crippen LogP contribution in [0, 0.1) is 0 Å². The molecule has 0 radical (unpaired) electrons. The Labute approximate surface area is 148 Å². The van der Waals surface area contributed by atoms with Crippen molar-refractivity contribution < 1.29 is 13.5 Å². The minimum Gasteiger partial charge on any atom is -0.387 e. The molecule has 0 aliphatic rings. The van der Waals surface area contributed by atoms with Gasteiger partial charge >= 0.3 is 0 Å². The second-order valence-electron chi connectivity index (χ2n) is 5.99. The Morgan fingerprint density at radius 1 is 1.12 bits per heavy atom. The lowest BCUT2D eigenvalue weighted by Gasteiger charge is -2.28. The van der Waals surface area contributed by atoms with E-state index in [0.29, 0.717) is 22.0 Å². The third kappa shape index (κ3) is 4.57. The molecule has 0 heterocycles. The molecule has 0 aliphatic carbocycles. The van der Waals surface area contributed by atoms with Crippen LogP contribution in [-0.2, 0) is 9.84 Å². The Hall–Kier alpha value is -1.40. The normalized spacial score (nSPS) is 14.6. The van der Waals surface area contributed by atoms with Crippen LogP contribution in [0.5, 0.6) is 0 Å². The summed E-state index contributed by atoms with van der Waals surface area (Å²) in [6.45, 7) is 2.42. The zero-order valence-corrected chi connectivity index (χ0v) is 15.6. The molecule has 2 rings (SSSR count). The van der Waals surface area contributed by atoms with Gasteiger partial charge in [-0.05, 0) is 37.7 Å². The van der Waals surface area contributed by atoms with Crippen LogP contribution in [0.25, 0.3) is 0 Å². The van der Waals surface area contributed by atoms with Crippen molar-refractivity contribution >= 4 is 21.4 Å². The standard InChI is InChI=1S/C18H22ClNO3S/c1-13(14-8-10-15(11-9-14)24(3,22)23)20(2)12-18(21)16-6-4-5-7-17(16)19/h4-11,13,18,21H,12H2,1-3H3/t13-,18-/m0/s1. The van der Waals surface area contributed by atoms with Gasteiger partial charge in [-0.2, -0.15) is 0 Å². The van der Waals surface area contributed by atoms with Crippen LogP contribution in [-0.4, -0.2) is 38.3 Å². The highest BCUT2D eigenvalue weighted by Gasteiger charge is 2.18. The number of benzene rings is 2. The van der Waals surface area contributed by atoms with Crippen molar-refractivity contribution in [3.05, 3.63) is 64.7 Å². The molecule has 0 saturated carbocycles. The number of hydrogen-bond acceptors (Lipinski definition) is 4. The molecule has 0 amide bonds. The maximum absolute atomic E-state index is 11.5. The molecule has 4 nitrogen and oxygen atoms in total. The van der Waals surface area contributed by atoms with E-state index in [1.165, 1.54) is 6.26 Å². The van der Waals surface area contributed by atoms with E-state index >= 15 is 0 Å². The van der Waals surface area contributed by atoms with Crippen LogP contribution < -0.4 is 0 Å². The molecule has 2 aromatic carbocycles. The first-order valence-electron chi connectivity index (χ1n) is 7.63. The van der Waals surface area contributed by atoms with Crippen molar-refractivity contribution in [1.82, 2.24) is 4.90 Å². The largest absolute Gasteiger partial charge is 0.387 e. The zero-order valence-electron chi connectivity index (χ0n) is 14.0.